The lowest BCUT2D eigenvalue weighted by Crippen LogP contribution is -2.07. The minimum absolute atomic E-state index is 0.117. The standard InChI is InChI=1S/C12H6F3NO5/c13-12(14,15)5-1-2-7-10(20-4-19-7)9(5)8-3-6(11(17)18)16-21-8/h1-3H,4H2,(H,17,18). The number of carbonyl (C=O) groups is 1. The molecule has 0 spiro atoms. The average Bonchev–Trinajstić information content (AvgIpc) is 3.05. The van der Waals surface area contributed by atoms with E-state index in [-0.39, 0.29) is 24.1 Å². The summed E-state index contributed by atoms with van der Waals surface area (Å²) in [5, 5.41) is 12.0. The maximum Gasteiger partial charge on any atom is 0.417 e. The van der Waals surface area contributed by atoms with Gasteiger partial charge < -0.3 is 19.1 Å². The number of hydrogen-bond acceptors (Lipinski definition) is 5. The Morgan fingerprint density at radius 3 is 2.67 bits per heavy atom. The number of ether oxygens (including phenoxy) is 2. The molecule has 0 bridgehead atoms. The summed E-state index contributed by atoms with van der Waals surface area (Å²) in [4.78, 5) is 10.8. The van der Waals surface area contributed by atoms with Crippen LogP contribution < -0.4 is 9.47 Å². The van der Waals surface area contributed by atoms with Crippen LogP contribution >= 0.6 is 0 Å². The molecule has 0 unspecified atom stereocenters. The number of fused-ring (bicyclic) bond motifs is 1. The third kappa shape index (κ3) is 2.16. The largest absolute Gasteiger partial charge is 0.476 e. The molecule has 6 nitrogen and oxygen atoms in total. The van der Waals surface area contributed by atoms with Crippen LogP contribution in [0.1, 0.15) is 16.1 Å². The van der Waals surface area contributed by atoms with Gasteiger partial charge in [-0.25, -0.2) is 4.79 Å². The summed E-state index contributed by atoms with van der Waals surface area (Å²) in [6.07, 6.45) is -4.67. The Balaban J connectivity index is 2.23. The smallest absolute Gasteiger partial charge is 0.417 e. The van der Waals surface area contributed by atoms with E-state index in [1.54, 1.807) is 0 Å². The molecule has 0 amide bonds. The number of nitrogens with zero attached hydrogens (tertiary/aromatic N) is 1. The summed E-state index contributed by atoms with van der Waals surface area (Å²) < 4.78 is 54.0. The lowest BCUT2D eigenvalue weighted by Gasteiger charge is -2.12. The van der Waals surface area contributed by atoms with E-state index in [0.29, 0.717) is 0 Å². The van der Waals surface area contributed by atoms with Crippen molar-refractivity contribution in [3.8, 4) is 22.8 Å². The highest BCUT2D eigenvalue weighted by atomic mass is 19.4. The minimum atomic E-state index is -4.67. The van der Waals surface area contributed by atoms with Crippen LogP contribution in [-0.2, 0) is 6.18 Å². The van der Waals surface area contributed by atoms with Gasteiger partial charge in [0.15, 0.2) is 23.0 Å². The fourth-order valence-corrected chi connectivity index (χ4v) is 1.95. The first-order chi connectivity index (χ1) is 9.88. The van der Waals surface area contributed by atoms with Crippen LogP contribution in [0, 0.1) is 0 Å². The minimum Gasteiger partial charge on any atom is -0.476 e. The van der Waals surface area contributed by atoms with Gasteiger partial charge in [-0.2, -0.15) is 13.2 Å². The maximum absolute atomic E-state index is 13.1. The van der Waals surface area contributed by atoms with Gasteiger partial charge in [-0.3, -0.25) is 0 Å². The molecule has 110 valence electrons. The summed E-state index contributed by atoms with van der Waals surface area (Å²) >= 11 is 0. The second-order valence-electron chi connectivity index (χ2n) is 4.10. The predicted molar refractivity (Wildman–Crippen MR) is 60.0 cm³/mol. The molecule has 1 aromatic heterocycles. The fraction of sp³-hybridized carbons (Fsp3) is 0.167. The van der Waals surface area contributed by atoms with Crippen molar-refractivity contribution in [1.29, 1.82) is 0 Å². The van der Waals surface area contributed by atoms with E-state index < -0.39 is 29.0 Å². The van der Waals surface area contributed by atoms with Crippen molar-refractivity contribution in [3.63, 3.8) is 0 Å². The van der Waals surface area contributed by atoms with Gasteiger partial charge in [-0.15, -0.1) is 0 Å². The zero-order chi connectivity index (χ0) is 15.2. The molecule has 9 heteroatoms. The monoisotopic (exact) mass is 301 g/mol. The fourth-order valence-electron chi connectivity index (χ4n) is 1.95. The molecule has 1 N–H and O–H groups in total. The highest BCUT2D eigenvalue weighted by Gasteiger charge is 2.39. The van der Waals surface area contributed by atoms with E-state index in [0.717, 1.165) is 18.2 Å². The first-order valence-electron chi connectivity index (χ1n) is 5.58. The van der Waals surface area contributed by atoms with Crippen molar-refractivity contribution in [2.45, 2.75) is 6.18 Å². The van der Waals surface area contributed by atoms with Crippen molar-refractivity contribution in [2.24, 2.45) is 0 Å². The molecule has 0 radical (unpaired) electrons. The lowest BCUT2D eigenvalue weighted by atomic mass is 10.0. The number of aromatic nitrogens is 1. The van der Waals surface area contributed by atoms with E-state index >= 15 is 0 Å². The van der Waals surface area contributed by atoms with Gasteiger partial charge in [0.05, 0.1) is 11.1 Å². The number of rotatable bonds is 2. The van der Waals surface area contributed by atoms with Gasteiger partial charge >= 0.3 is 12.1 Å². The number of benzene rings is 1. The molecule has 0 saturated carbocycles. The third-order valence-corrected chi connectivity index (χ3v) is 2.82. The number of aromatic carboxylic acids is 1. The van der Waals surface area contributed by atoms with Gasteiger partial charge in [0.1, 0.15) is 0 Å². The first kappa shape index (κ1) is 13.3. The molecule has 0 fully saturated rings. The summed E-state index contributed by atoms with van der Waals surface area (Å²) in [5.41, 5.74) is -1.97. The lowest BCUT2D eigenvalue weighted by molar-refractivity contribution is -0.137. The molecule has 1 aromatic carbocycles. The Morgan fingerprint density at radius 1 is 1.29 bits per heavy atom. The third-order valence-electron chi connectivity index (χ3n) is 2.82. The normalized spacial score (nSPS) is 13.5. The van der Waals surface area contributed by atoms with Gasteiger partial charge in [-0.1, -0.05) is 5.16 Å². The van der Waals surface area contributed by atoms with E-state index in [4.69, 9.17) is 19.1 Å². The maximum atomic E-state index is 13.1. The number of alkyl halides is 3. The Hall–Kier alpha value is -2.71. The van der Waals surface area contributed by atoms with Crippen molar-refractivity contribution < 1.29 is 37.1 Å². The van der Waals surface area contributed by atoms with Crippen molar-refractivity contribution >= 4 is 5.97 Å². The Bertz CT molecular complexity index is 722. The zero-order valence-electron chi connectivity index (χ0n) is 10.1. The van der Waals surface area contributed by atoms with Crippen molar-refractivity contribution in [2.75, 3.05) is 6.79 Å². The Morgan fingerprint density at radius 2 is 2.05 bits per heavy atom. The van der Waals surface area contributed by atoms with Crippen LogP contribution in [0.2, 0.25) is 0 Å². The molecule has 3 rings (SSSR count). The number of halogens is 3. The van der Waals surface area contributed by atoms with Crippen LogP contribution in [0.15, 0.2) is 22.7 Å². The molecule has 0 saturated heterocycles. The average molecular weight is 301 g/mol. The van der Waals surface area contributed by atoms with E-state index in [1.165, 1.54) is 0 Å². The van der Waals surface area contributed by atoms with E-state index in [9.17, 15) is 18.0 Å². The van der Waals surface area contributed by atoms with Crippen LogP contribution in [0.4, 0.5) is 13.2 Å². The number of hydrogen-bond donors (Lipinski definition) is 1. The second-order valence-corrected chi connectivity index (χ2v) is 4.10. The number of carboxylic acid groups (broad SMARTS) is 1. The highest BCUT2D eigenvalue weighted by molar-refractivity contribution is 5.87. The zero-order valence-corrected chi connectivity index (χ0v) is 10.1. The predicted octanol–water partition coefficient (Wildman–Crippen LogP) is 2.79. The van der Waals surface area contributed by atoms with Crippen LogP contribution in [0.3, 0.4) is 0 Å². The van der Waals surface area contributed by atoms with Crippen LogP contribution in [-0.4, -0.2) is 23.0 Å². The van der Waals surface area contributed by atoms with Gasteiger partial charge in [0, 0.05) is 6.07 Å². The summed E-state index contributed by atoms with van der Waals surface area (Å²) in [7, 11) is 0. The molecular weight excluding hydrogens is 295 g/mol. The number of carboxylic acids is 1. The first-order valence-corrected chi connectivity index (χ1v) is 5.58. The van der Waals surface area contributed by atoms with Crippen LogP contribution in [0.25, 0.3) is 11.3 Å². The van der Waals surface area contributed by atoms with Gasteiger partial charge in [0.25, 0.3) is 0 Å². The molecule has 2 heterocycles. The Labute approximate surface area is 114 Å². The van der Waals surface area contributed by atoms with E-state index in [1.807, 2.05) is 0 Å². The molecule has 1 aliphatic heterocycles. The summed E-state index contributed by atoms with van der Waals surface area (Å²) in [6, 6.07) is 2.84. The Kier molecular flexibility index (Phi) is 2.78. The molecule has 0 atom stereocenters. The highest BCUT2D eigenvalue weighted by Crippen LogP contribution is 2.48. The quantitative estimate of drug-likeness (QED) is 0.918. The SMILES string of the molecule is O=C(O)c1cc(-c2c(C(F)(F)F)ccc3c2OCO3)on1. The summed E-state index contributed by atoms with van der Waals surface area (Å²) in [5.74, 6) is -1.81. The topological polar surface area (TPSA) is 81.8 Å². The van der Waals surface area contributed by atoms with Crippen molar-refractivity contribution in [1.82, 2.24) is 5.16 Å². The van der Waals surface area contributed by atoms with Crippen LogP contribution in [0.5, 0.6) is 11.5 Å². The molecule has 21 heavy (non-hydrogen) atoms. The summed E-state index contributed by atoms with van der Waals surface area (Å²) in [6.45, 7) is -0.233. The molecule has 2 aromatic rings. The van der Waals surface area contributed by atoms with Crippen molar-refractivity contribution in [3.05, 3.63) is 29.5 Å². The second kappa shape index (κ2) is 4.40. The molecule has 1 aliphatic rings. The van der Waals surface area contributed by atoms with Gasteiger partial charge in [0.2, 0.25) is 6.79 Å². The van der Waals surface area contributed by atoms with E-state index in [2.05, 4.69) is 5.16 Å². The molecule has 0 aliphatic carbocycles. The van der Waals surface area contributed by atoms with Gasteiger partial charge in [-0.05, 0) is 12.1 Å². The molecular formula is C12H6F3NO5.